The van der Waals surface area contributed by atoms with E-state index in [0.717, 1.165) is 23.3 Å². The second-order valence-corrected chi connectivity index (χ2v) is 7.63. The summed E-state index contributed by atoms with van der Waals surface area (Å²) in [5.74, 6) is -1.91. The Labute approximate surface area is 182 Å². The second kappa shape index (κ2) is 8.53. The van der Waals surface area contributed by atoms with Gasteiger partial charge in [-0.15, -0.1) is 0 Å². The fraction of sp³-hybridized carbons (Fsp3) is 0.318. The van der Waals surface area contributed by atoms with Crippen LogP contribution in [0.5, 0.6) is 0 Å². The summed E-state index contributed by atoms with van der Waals surface area (Å²) in [4.78, 5) is 25.2. The number of aromatic nitrogens is 2. The van der Waals surface area contributed by atoms with Crippen LogP contribution in [0.1, 0.15) is 34.1 Å². The Morgan fingerprint density at radius 1 is 1.34 bits per heavy atom. The van der Waals surface area contributed by atoms with Gasteiger partial charge in [-0.25, -0.2) is 18.6 Å². The van der Waals surface area contributed by atoms with Crippen LogP contribution >= 0.6 is 0 Å². The molecule has 0 fully saturated rings. The lowest BCUT2D eigenvalue weighted by molar-refractivity contribution is 0.0532. The first kappa shape index (κ1) is 21.7. The fourth-order valence-corrected chi connectivity index (χ4v) is 3.84. The summed E-state index contributed by atoms with van der Waals surface area (Å²) in [7, 11) is 1.48. The third kappa shape index (κ3) is 3.77. The molecule has 4 rings (SSSR count). The molecule has 0 saturated carbocycles. The van der Waals surface area contributed by atoms with Crippen LogP contribution in [0.2, 0.25) is 0 Å². The van der Waals surface area contributed by atoms with Crippen LogP contribution in [0.25, 0.3) is 15.9 Å². The van der Waals surface area contributed by atoms with Gasteiger partial charge in [-0.05, 0) is 25.1 Å². The number of halogens is 2. The zero-order chi connectivity index (χ0) is 23.0. The molecule has 0 unspecified atom stereocenters. The van der Waals surface area contributed by atoms with E-state index in [1.807, 2.05) is 0 Å². The number of carbonyl (C=O) groups excluding carboxylic acids is 1. The number of nitrogen functional groups attached to an aromatic ring is 1. The molecule has 1 aromatic carbocycles. The average Bonchev–Trinajstić information content (AvgIpc) is 3.40. The molecule has 0 aliphatic carbocycles. The average molecular weight is 441 g/mol. The van der Waals surface area contributed by atoms with Gasteiger partial charge in [-0.2, -0.15) is 0 Å². The molecular formula is C22H21F2N5O3. The molecule has 0 bridgehead atoms. The number of hydrogen-bond donors (Lipinski definition) is 2. The van der Waals surface area contributed by atoms with Crippen molar-refractivity contribution in [3.8, 4) is 0 Å². The van der Waals surface area contributed by atoms with Gasteiger partial charge in [0.25, 0.3) is 5.91 Å². The molecule has 1 amide bonds. The lowest BCUT2D eigenvalue weighted by atomic mass is 10.1. The van der Waals surface area contributed by atoms with Crippen LogP contribution in [0, 0.1) is 18.2 Å². The minimum atomic E-state index is -0.889. The molecule has 8 nitrogen and oxygen atoms in total. The van der Waals surface area contributed by atoms with Crippen molar-refractivity contribution in [1.82, 2.24) is 14.9 Å². The first-order valence-corrected chi connectivity index (χ1v) is 9.87. The molecular weight excluding hydrogens is 420 g/mol. The molecule has 1 atom stereocenters. The van der Waals surface area contributed by atoms with Gasteiger partial charge in [0, 0.05) is 23.8 Å². The van der Waals surface area contributed by atoms with Gasteiger partial charge >= 0.3 is 0 Å². The number of rotatable bonds is 6. The molecule has 10 heteroatoms. The summed E-state index contributed by atoms with van der Waals surface area (Å²) in [5, 5.41) is 0. The van der Waals surface area contributed by atoms with Crippen molar-refractivity contribution >= 4 is 28.4 Å². The van der Waals surface area contributed by atoms with Crippen LogP contribution < -0.4 is 5.73 Å². The van der Waals surface area contributed by atoms with Gasteiger partial charge in [-0.3, -0.25) is 4.79 Å². The van der Waals surface area contributed by atoms with E-state index in [4.69, 9.17) is 21.8 Å². The van der Waals surface area contributed by atoms with Gasteiger partial charge < -0.3 is 25.1 Å². The van der Waals surface area contributed by atoms with E-state index in [2.05, 4.69) is 14.8 Å². The van der Waals surface area contributed by atoms with Crippen molar-refractivity contribution < 1.29 is 23.0 Å². The number of ether oxygens (including phenoxy) is 2. The van der Waals surface area contributed by atoms with Gasteiger partial charge in [0.05, 0.1) is 50.0 Å². The standard InChI is InChI=1S/C22H21F2N5O3/c1-11(8-31-3)29(7-13-16(23)4-12(26-2)5-17(13)24)22(30)19-6-18-20(27-19)14-9-32-10-15(14)21(25)28-18/h4-6,11,27H,7-10H2,1,3H3,(H2,25,28)/t11-/m1/s1. The molecule has 32 heavy (non-hydrogen) atoms. The van der Waals surface area contributed by atoms with Crippen molar-refractivity contribution in [2.45, 2.75) is 32.7 Å². The van der Waals surface area contributed by atoms with Crippen LogP contribution in [0.4, 0.5) is 20.3 Å². The lowest BCUT2D eigenvalue weighted by Crippen LogP contribution is -2.41. The Balaban J connectivity index is 1.73. The van der Waals surface area contributed by atoms with Gasteiger partial charge in [0.1, 0.15) is 23.1 Å². The smallest absolute Gasteiger partial charge is 0.270 e. The molecule has 166 valence electrons. The molecule has 0 radical (unpaired) electrons. The van der Waals surface area contributed by atoms with Crippen molar-refractivity contribution in [2.24, 2.45) is 0 Å². The molecule has 3 heterocycles. The number of aromatic amines is 1. The monoisotopic (exact) mass is 441 g/mol. The minimum absolute atomic E-state index is 0.151. The van der Waals surface area contributed by atoms with E-state index in [-0.39, 0.29) is 30.1 Å². The third-order valence-electron chi connectivity index (χ3n) is 5.52. The van der Waals surface area contributed by atoms with Gasteiger partial charge in [-0.1, -0.05) is 0 Å². The number of methoxy groups -OCH3 is 1. The zero-order valence-electron chi connectivity index (χ0n) is 17.5. The number of carbonyl (C=O) groups is 1. The molecule has 3 aromatic rings. The van der Waals surface area contributed by atoms with E-state index < -0.39 is 23.6 Å². The highest BCUT2D eigenvalue weighted by atomic mass is 19.1. The molecule has 0 spiro atoms. The van der Waals surface area contributed by atoms with Crippen LogP contribution in [0.15, 0.2) is 18.2 Å². The highest BCUT2D eigenvalue weighted by Crippen LogP contribution is 2.31. The maximum atomic E-state index is 14.5. The van der Waals surface area contributed by atoms with Crippen molar-refractivity contribution in [1.29, 1.82) is 0 Å². The number of nitrogens with zero attached hydrogens (tertiary/aromatic N) is 3. The number of nitrogens with one attached hydrogen (secondary N) is 1. The number of pyridine rings is 1. The van der Waals surface area contributed by atoms with Crippen molar-refractivity contribution in [2.75, 3.05) is 19.5 Å². The molecule has 3 N–H and O–H groups in total. The Morgan fingerprint density at radius 2 is 2.03 bits per heavy atom. The molecule has 0 saturated heterocycles. The van der Waals surface area contributed by atoms with E-state index in [1.165, 1.54) is 12.0 Å². The number of amides is 1. The molecule has 1 aliphatic heterocycles. The Morgan fingerprint density at radius 3 is 2.69 bits per heavy atom. The van der Waals surface area contributed by atoms with Gasteiger partial charge in [0.2, 0.25) is 0 Å². The quantitative estimate of drug-likeness (QED) is 0.569. The molecule has 2 aromatic heterocycles. The lowest BCUT2D eigenvalue weighted by Gasteiger charge is -2.29. The predicted octanol–water partition coefficient (Wildman–Crippen LogP) is 3.68. The van der Waals surface area contributed by atoms with Gasteiger partial charge in [0.15, 0.2) is 5.69 Å². The van der Waals surface area contributed by atoms with Crippen LogP contribution in [0.3, 0.4) is 0 Å². The number of benzene rings is 1. The summed E-state index contributed by atoms with van der Waals surface area (Å²) in [6.07, 6.45) is 0. The van der Waals surface area contributed by atoms with Crippen LogP contribution in [-0.2, 0) is 29.2 Å². The van der Waals surface area contributed by atoms with E-state index in [0.29, 0.717) is 30.1 Å². The van der Waals surface area contributed by atoms with Crippen molar-refractivity contribution in [3.63, 3.8) is 0 Å². The third-order valence-corrected chi connectivity index (χ3v) is 5.52. The molecule has 1 aliphatic rings. The largest absolute Gasteiger partial charge is 0.383 e. The number of hydrogen-bond acceptors (Lipinski definition) is 5. The van der Waals surface area contributed by atoms with Crippen molar-refractivity contribution in [3.05, 3.63) is 63.6 Å². The topological polar surface area (TPSA) is 97.8 Å². The van der Waals surface area contributed by atoms with E-state index in [9.17, 15) is 13.6 Å². The Bertz CT molecular complexity index is 1230. The SMILES string of the molecule is [C-]#[N+]c1cc(F)c(CN(C(=O)c2cc3nc(N)c4c(c3[nH]2)COC4)[C@H](C)COC)c(F)c1. The first-order chi connectivity index (χ1) is 15.3. The highest BCUT2D eigenvalue weighted by molar-refractivity contribution is 5.98. The fourth-order valence-electron chi connectivity index (χ4n) is 3.84. The highest BCUT2D eigenvalue weighted by Gasteiger charge is 2.28. The summed E-state index contributed by atoms with van der Waals surface area (Å²) < 4.78 is 39.7. The summed E-state index contributed by atoms with van der Waals surface area (Å²) in [6, 6.07) is 2.97. The number of H-pyrrole nitrogens is 1. The number of anilines is 1. The maximum absolute atomic E-state index is 14.5. The Hall–Kier alpha value is -3.55. The zero-order valence-corrected chi connectivity index (χ0v) is 17.5. The normalized spacial score (nSPS) is 13.7. The second-order valence-electron chi connectivity index (χ2n) is 7.63. The Kier molecular flexibility index (Phi) is 5.78. The van der Waals surface area contributed by atoms with E-state index in [1.54, 1.807) is 13.0 Å². The van der Waals surface area contributed by atoms with Crippen LogP contribution in [-0.4, -0.2) is 40.5 Å². The number of fused-ring (bicyclic) bond motifs is 3. The first-order valence-electron chi connectivity index (χ1n) is 9.87. The summed E-state index contributed by atoms with van der Waals surface area (Å²) in [6.45, 7) is 9.19. The minimum Gasteiger partial charge on any atom is -0.383 e. The maximum Gasteiger partial charge on any atom is 0.270 e. The summed E-state index contributed by atoms with van der Waals surface area (Å²) in [5.41, 5.74) is 8.54. The van der Waals surface area contributed by atoms with E-state index >= 15 is 0 Å². The number of nitrogens with two attached hydrogens (primary N) is 1. The predicted molar refractivity (Wildman–Crippen MR) is 113 cm³/mol. The summed E-state index contributed by atoms with van der Waals surface area (Å²) >= 11 is 0.